The Kier molecular flexibility index (Phi) is 5.43. The first kappa shape index (κ1) is 17.3. The van der Waals surface area contributed by atoms with E-state index in [1.165, 1.54) is 18.3 Å². The molecule has 5 nitrogen and oxygen atoms in total. The number of anilines is 1. The van der Waals surface area contributed by atoms with Crippen LogP contribution in [0.15, 0.2) is 28.7 Å². The number of aromatic nitrogens is 3. The SMILES string of the molecule is CCCn1c(SCc2csc(NC(C)=O)n2)nc2cc(Cl)ccc21. The quantitative estimate of drug-likeness (QED) is 0.623. The van der Waals surface area contributed by atoms with Crippen molar-refractivity contribution in [2.75, 3.05) is 5.32 Å². The van der Waals surface area contributed by atoms with E-state index < -0.39 is 0 Å². The summed E-state index contributed by atoms with van der Waals surface area (Å²) in [7, 11) is 0. The van der Waals surface area contributed by atoms with E-state index in [2.05, 4.69) is 21.8 Å². The topological polar surface area (TPSA) is 59.8 Å². The van der Waals surface area contributed by atoms with E-state index >= 15 is 0 Å². The summed E-state index contributed by atoms with van der Waals surface area (Å²) in [6.07, 6.45) is 1.03. The van der Waals surface area contributed by atoms with Crippen molar-refractivity contribution in [3.63, 3.8) is 0 Å². The van der Waals surface area contributed by atoms with Crippen LogP contribution in [-0.2, 0) is 17.1 Å². The fraction of sp³-hybridized carbons (Fsp3) is 0.312. The molecule has 0 aliphatic carbocycles. The van der Waals surface area contributed by atoms with Crippen LogP contribution in [0, 0.1) is 0 Å². The van der Waals surface area contributed by atoms with Gasteiger partial charge in [-0.1, -0.05) is 30.3 Å². The summed E-state index contributed by atoms with van der Waals surface area (Å²) in [6.45, 7) is 4.54. The number of nitrogens with zero attached hydrogens (tertiary/aromatic N) is 3. The highest BCUT2D eigenvalue weighted by Gasteiger charge is 2.12. The molecular formula is C16H17ClN4OS2. The predicted molar refractivity (Wildman–Crippen MR) is 101 cm³/mol. The first-order valence-corrected chi connectivity index (χ1v) is 9.81. The van der Waals surface area contributed by atoms with Gasteiger partial charge in [0.05, 0.1) is 16.7 Å². The summed E-state index contributed by atoms with van der Waals surface area (Å²) in [5.41, 5.74) is 2.94. The third-order valence-corrected chi connectivity index (χ3v) is 5.36. The molecule has 0 atom stereocenters. The maximum atomic E-state index is 11.1. The maximum Gasteiger partial charge on any atom is 0.223 e. The Bertz CT molecular complexity index is 874. The highest BCUT2D eigenvalue weighted by molar-refractivity contribution is 7.98. The number of fused-ring (bicyclic) bond motifs is 1. The van der Waals surface area contributed by atoms with Gasteiger partial charge in [0, 0.05) is 29.6 Å². The Morgan fingerprint density at radius 1 is 1.42 bits per heavy atom. The molecule has 24 heavy (non-hydrogen) atoms. The van der Waals surface area contributed by atoms with Gasteiger partial charge in [0.15, 0.2) is 10.3 Å². The van der Waals surface area contributed by atoms with Gasteiger partial charge in [-0.05, 0) is 24.6 Å². The number of carbonyl (C=O) groups is 1. The molecule has 126 valence electrons. The van der Waals surface area contributed by atoms with E-state index in [1.54, 1.807) is 11.8 Å². The molecule has 0 unspecified atom stereocenters. The molecule has 2 heterocycles. The smallest absolute Gasteiger partial charge is 0.223 e. The van der Waals surface area contributed by atoms with E-state index in [9.17, 15) is 4.79 Å². The van der Waals surface area contributed by atoms with Gasteiger partial charge in [0.1, 0.15) is 0 Å². The van der Waals surface area contributed by atoms with Crippen molar-refractivity contribution in [1.82, 2.24) is 14.5 Å². The van der Waals surface area contributed by atoms with Crippen LogP contribution in [0.3, 0.4) is 0 Å². The van der Waals surface area contributed by atoms with Crippen LogP contribution < -0.4 is 5.32 Å². The van der Waals surface area contributed by atoms with Gasteiger partial charge in [0.2, 0.25) is 5.91 Å². The zero-order valence-corrected chi connectivity index (χ0v) is 15.8. The number of carbonyl (C=O) groups excluding carboxylic acids is 1. The number of hydrogen-bond acceptors (Lipinski definition) is 5. The molecule has 0 saturated carbocycles. The number of hydrogen-bond donors (Lipinski definition) is 1. The zero-order valence-electron chi connectivity index (χ0n) is 13.4. The zero-order chi connectivity index (χ0) is 17.1. The monoisotopic (exact) mass is 380 g/mol. The minimum Gasteiger partial charge on any atom is -0.319 e. The lowest BCUT2D eigenvalue weighted by Crippen LogP contribution is -2.05. The second-order valence-corrected chi connectivity index (χ2v) is 7.53. The second kappa shape index (κ2) is 7.55. The van der Waals surface area contributed by atoms with Crippen LogP contribution >= 0.6 is 34.7 Å². The highest BCUT2D eigenvalue weighted by Crippen LogP contribution is 2.29. The molecule has 0 spiro atoms. The number of halogens is 1. The van der Waals surface area contributed by atoms with Gasteiger partial charge in [-0.2, -0.15) is 0 Å². The minimum absolute atomic E-state index is 0.106. The van der Waals surface area contributed by atoms with E-state index in [0.29, 0.717) is 15.9 Å². The molecule has 3 rings (SSSR count). The Morgan fingerprint density at radius 3 is 3.00 bits per heavy atom. The van der Waals surface area contributed by atoms with Crippen LogP contribution in [0.1, 0.15) is 26.0 Å². The molecule has 0 saturated heterocycles. The van der Waals surface area contributed by atoms with Crippen LogP contribution in [0.25, 0.3) is 11.0 Å². The lowest BCUT2D eigenvalue weighted by atomic mass is 10.3. The normalized spacial score (nSPS) is 11.1. The molecule has 0 aliphatic rings. The summed E-state index contributed by atoms with van der Waals surface area (Å²) < 4.78 is 2.22. The Labute approximate surface area is 153 Å². The first-order chi connectivity index (χ1) is 11.6. The van der Waals surface area contributed by atoms with Crippen LogP contribution in [0.5, 0.6) is 0 Å². The number of imidazole rings is 1. The maximum absolute atomic E-state index is 11.1. The van der Waals surface area contributed by atoms with Gasteiger partial charge in [0.25, 0.3) is 0 Å². The van der Waals surface area contributed by atoms with Gasteiger partial charge in [-0.15, -0.1) is 11.3 Å². The van der Waals surface area contributed by atoms with Crippen molar-refractivity contribution in [1.29, 1.82) is 0 Å². The molecule has 3 aromatic rings. The Hall–Kier alpha value is -1.57. The molecule has 0 fully saturated rings. The molecule has 1 amide bonds. The van der Waals surface area contributed by atoms with Crippen LogP contribution in [0.4, 0.5) is 5.13 Å². The van der Waals surface area contributed by atoms with Crippen molar-refractivity contribution < 1.29 is 4.79 Å². The first-order valence-electron chi connectivity index (χ1n) is 7.57. The van der Waals surface area contributed by atoms with Crippen molar-refractivity contribution in [2.45, 2.75) is 37.7 Å². The molecular weight excluding hydrogens is 364 g/mol. The molecule has 2 aromatic heterocycles. The predicted octanol–water partition coefficient (Wildman–Crippen LogP) is 4.81. The average Bonchev–Trinajstić information content (AvgIpc) is 3.09. The second-order valence-electron chi connectivity index (χ2n) is 5.29. The van der Waals surface area contributed by atoms with E-state index in [0.717, 1.165) is 34.8 Å². The number of benzene rings is 1. The number of nitrogens with one attached hydrogen (secondary N) is 1. The molecule has 1 N–H and O–H groups in total. The van der Waals surface area contributed by atoms with Gasteiger partial charge >= 0.3 is 0 Å². The molecule has 1 aromatic carbocycles. The van der Waals surface area contributed by atoms with E-state index in [4.69, 9.17) is 16.6 Å². The fourth-order valence-corrected chi connectivity index (χ4v) is 4.31. The third kappa shape index (κ3) is 3.91. The Balaban J connectivity index is 1.80. The van der Waals surface area contributed by atoms with Crippen molar-refractivity contribution in [2.24, 2.45) is 0 Å². The minimum atomic E-state index is -0.106. The fourth-order valence-electron chi connectivity index (χ4n) is 2.35. The van der Waals surface area contributed by atoms with Gasteiger partial charge < -0.3 is 9.88 Å². The number of thioether (sulfide) groups is 1. The summed E-state index contributed by atoms with van der Waals surface area (Å²) >= 11 is 9.15. The van der Waals surface area contributed by atoms with Gasteiger partial charge in [-0.3, -0.25) is 4.79 Å². The van der Waals surface area contributed by atoms with E-state index in [-0.39, 0.29) is 5.91 Å². The Morgan fingerprint density at radius 2 is 2.25 bits per heavy atom. The summed E-state index contributed by atoms with van der Waals surface area (Å²) in [4.78, 5) is 20.2. The number of aryl methyl sites for hydroxylation is 1. The average molecular weight is 381 g/mol. The van der Waals surface area contributed by atoms with Crippen LogP contribution in [-0.4, -0.2) is 20.4 Å². The molecule has 0 radical (unpaired) electrons. The molecule has 8 heteroatoms. The number of rotatable bonds is 6. The van der Waals surface area contributed by atoms with E-state index in [1.807, 2.05) is 23.6 Å². The van der Waals surface area contributed by atoms with Crippen molar-refractivity contribution in [3.8, 4) is 0 Å². The lowest BCUT2D eigenvalue weighted by molar-refractivity contribution is -0.114. The summed E-state index contributed by atoms with van der Waals surface area (Å²) in [5, 5.41) is 6.95. The highest BCUT2D eigenvalue weighted by atomic mass is 35.5. The van der Waals surface area contributed by atoms with Gasteiger partial charge in [-0.25, -0.2) is 9.97 Å². The van der Waals surface area contributed by atoms with Crippen LogP contribution in [0.2, 0.25) is 5.02 Å². The molecule has 0 bridgehead atoms. The summed E-state index contributed by atoms with van der Waals surface area (Å²) in [5.74, 6) is 0.599. The number of thiazole rings is 1. The van der Waals surface area contributed by atoms with Crippen molar-refractivity contribution >= 4 is 56.8 Å². The largest absolute Gasteiger partial charge is 0.319 e. The number of amides is 1. The summed E-state index contributed by atoms with van der Waals surface area (Å²) in [6, 6.07) is 5.80. The molecule has 0 aliphatic heterocycles. The standard InChI is InChI=1S/C16H17ClN4OS2/c1-3-6-21-14-5-4-11(17)7-13(14)20-16(21)24-9-12-8-23-15(19-12)18-10(2)22/h4-5,7-8H,3,6,9H2,1-2H3,(H,18,19,22). The van der Waals surface area contributed by atoms with Crippen molar-refractivity contribution in [3.05, 3.63) is 34.3 Å². The third-order valence-electron chi connectivity index (χ3n) is 3.31. The lowest BCUT2D eigenvalue weighted by Gasteiger charge is -2.06.